The van der Waals surface area contributed by atoms with Crippen molar-refractivity contribution in [3.63, 3.8) is 0 Å². The predicted molar refractivity (Wildman–Crippen MR) is 78.5 cm³/mol. The van der Waals surface area contributed by atoms with Crippen LogP contribution < -0.4 is 10.5 Å². The topological polar surface area (TPSA) is 35.2 Å². The fraction of sp³-hybridized carbons (Fsp3) is 0.625. The highest BCUT2D eigenvalue weighted by molar-refractivity contribution is 6.32. The second-order valence-electron chi connectivity index (χ2n) is 6.22. The van der Waals surface area contributed by atoms with Gasteiger partial charge in [0.2, 0.25) is 0 Å². The molecule has 0 spiro atoms. The van der Waals surface area contributed by atoms with E-state index in [1.165, 1.54) is 25.7 Å². The van der Waals surface area contributed by atoms with E-state index in [4.69, 9.17) is 22.1 Å². The van der Waals surface area contributed by atoms with Crippen molar-refractivity contribution in [1.29, 1.82) is 0 Å². The van der Waals surface area contributed by atoms with Crippen molar-refractivity contribution in [2.75, 3.05) is 6.61 Å². The number of fused-ring (bicyclic) bond motifs is 2. The van der Waals surface area contributed by atoms with Gasteiger partial charge >= 0.3 is 0 Å². The van der Waals surface area contributed by atoms with Crippen LogP contribution in [0.4, 0.5) is 0 Å². The average molecular weight is 280 g/mol. The van der Waals surface area contributed by atoms with E-state index in [2.05, 4.69) is 0 Å². The minimum atomic E-state index is 0.0112. The Labute approximate surface area is 120 Å². The minimum Gasteiger partial charge on any atom is -0.492 e. The Morgan fingerprint density at radius 3 is 2.79 bits per heavy atom. The first-order valence-electron chi connectivity index (χ1n) is 7.31. The van der Waals surface area contributed by atoms with Gasteiger partial charge in [0.15, 0.2) is 0 Å². The lowest BCUT2D eigenvalue weighted by atomic mass is 9.89. The highest BCUT2D eigenvalue weighted by Gasteiger charge is 2.39. The molecule has 2 saturated carbocycles. The van der Waals surface area contributed by atoms with Gasteiger partial charge in [-0.3, -0.25) is 0 Å². The standard InChI is InChI=1S/C16H22ClNO/c1-10(18)12-4-5-16(15(17)8-12)19-9-14-7-11-2-3-13(14)6-11/h4-5,8,10-11,13-14H,2-3,6-7,9,18H2,1H3. The number of rotatable bonds is 4. The van der Waals surface area contributed by atoms with Crippen molar-refractivity contribution < 1.29 is 4.74 Å². The van der Waals surface area contributed by atoms with Gasteiger partial charge in [-0.1, -0.05) is 24.1 Å². The van der Waals surface area contributed by atoms with E-state index in [9.17, 15) is 0 Å². The summed E-state index contributed by atoms with van der Waals surface area (Å²) in [4.78, 5) is 0. The van der Waals surface area contributed by atoms with Gasteiger partial charge in [-0.05, 0) is 61.6 Å². The van der Waals surface area contributed by atoms with Crippen LogP contribution in [0.2, 0.25) is 5.02 Å². The molecular formula is C16H22ClNO. The molecule has 1 aromatic rings. The van der Waals surface area contributed by atoms with Gasteiger partial charge in [0.25, 0.3) is 0 Å². The molecule has 2 N–H and O–H groups in total. The summed E-state index contributed by atoms with van der Waals surface area (Å²) in [6, 6.07) is 5.89. The smallest absolute Gasteiger partial charge is 0.137 e. The number of hydrogen-bond acceptors (Lipinski definition) is 2. The Morgan fingerprint density at radius 1 is 1.37 bits per heavy atom. The van der Waals surface area contributed by atoms with Crippen molar-refractivity contribution in [3.8, 4) is 5.75 Å². The number of nitrogens with two attached hydrogens (primary N) is 1. The van der Waals surface area contributed by atoms with Crippen LogP contribution in [0.15, 0.2) is 18.2 Å². The highest BCUT2D eigenvalue weighted by atomic mass is 35.5. The van der Waals surface area contributed by atoms with Crippen molar-refractivity contribution in [3.05, 3.63) is 28.8 Å². The lowest BCUT2D eigenvalue weighted by Gasteiger charge is -2.22. The molecule has 2 nitrogen and oxygen atoms in total. The number of hydrogen-bond donors (Lipinski definition) is 1. The first-order chi connectivity index (χ1) is 9.13. The van der Waals surface area contributed by atoms with E-state index in [0.29, 0.717) is 5.02 Å². The second kappa shape index (κ2) is 5.34. The molecule has 2 aliphatic rings. The van der Waals surface area contributed by atoms with E-state index in [-0.39, 0.29) is 6.04 Å². The Morgan fingerprint density at radius 2 is 2.21 bits per heavy atom. The summed E-state index contributed by atoms with van der Waals surface area (Å²) in [7, 11) is 0. The zero-order valence-corrected chi connectivity index (χ0v) is 12.2. The zero-order chi connectivity index (χ0) is 13.4. The summed E-state index contributed by atoms with van der Waals surface area (Å²) in [6.45, 7) is 2.78. The fourth-order valence-corrected chi connectivity index (χ4v) is 3.94. The summed E-state index contributed by atoms with van der Waals surface area (Å²) in [5.41, 5.74) is 6.90. The van der Waals surface area contributed by atoms with Gasteiger partial charge in [-0.15, -0.1) is 0 Å². The Hall–Kier alpha value is -0.730. The quantitative estimate of drug-likeness (QED) is 0.897. The minimum absolute atomic E-state index is 0.0112. The van der Waals surface area contributed by atoms with Crippen LogP contribution in [0.5, 0.6) is 5.75 Å². The van der Waals surface area contributed by atoms with Crippen LogP contribution in [-0.4, -0.2) is 6.61 Å². The van der Waals surface area contributed by atoms with Gasteiger partial charge in [-0.2, -0.15) is 0 Å². The predicted octanol–water partition coefficient (Wildman–Crippen LogP) is 4.17. The molecule has 2 fully saturated rings. The SMILES string of the molecule is CC(N)c1ccc(OCC2CC3CCC2C3)c(Cl)c1. The maximum Gasteiger partial charge on any atom is 0.137 e. The monoisotopic (exact) mass is 279 g/mol. The molecule has 0 radical (unpaired) electrons. The Kier molecular flexibility index (Phi) is 3.72. The summed E-state index contributed by atoms with van der Waals surface area (Å²) < 4.78 is 5.94. The molecule has 0 aliphatic heterocycles. The van der Waals surface area contributed by atoms with E-state index in [1.54, 1.807) is 0 Å². The number of halogens is 1. The van der Waals surface area contributed by atoms with E-state index in [0.717, 1.165) is 35.7 Å². The first-order valence-corrected chi connectivity index (χ1v) is 7.69. The average Bonchev–Trinajstić information content (AvgIpc) is 2.99. The summed E-state index contributed by atoms with van der Waals surface area (Å²) in [5, 5.41) is 0.679. The largest absolute Gasteiger partial charge is 0.492 e. The number of benzene rings is 1. The summed E-state index contributed by atoms with van der Waals surface area (Å²) in [6.07, 6.45) is 5.60. The molecule has 2 aliphatic carbocycles. The van der Waals surface area contributed by atoms with Crippen LogP contribution in [0, 0.1) is 17.8 Å². The van der Waals surface area contributed by atoms with Crippen LogP contribution >= 0.6 is 11.6 Å². The molecule has 0 aromatic heterocycles. The molecule has 1 aromatic carbocycles. The Bertz CT molecular complexity index is 460. The maximum atomic E-state index is 6.26. The summed E-state index contributed by atoms with van der Waals surface area (Å²) >= 11 is 6.26. The molecule has 4 atom stereocenters. The zero-order valence-electron chi connectivity index (χ0n) is 11.4. The molecule has 0 saturated heterocycles. The third-order valence-electron chi connectivity index (χ3n) is 4.82. The van der Waals surface area contributed by atoms with Crippen LogP contribution in [0.25, 0.3) is 0 Å². The fourth-order valence-electron chi connectivity index (χ4n) is 3.69. The maximum absolute atomic E-state index is 6.26. The van der Waals surface area contributed by atoms with E-state index >= 15 is 0 Å². The molecule has 104 valence electrons. The van der Waals surface area contributed by atoms with Gasteiger partial charge in [0, 0.05) is 6.04 Å². The number of ether oxygens (including phenoxy) is 1. The van der Waals surface area contributed by atoms with Crippen LogP contribution in [0.1, 0.15) is 44.2 Å². The third kappa shape index (κ3) is 2.75. The second-order valence-corrected chi connectivity index (χ2v) is 6.63. The molecule has 0 heterocycles. The lowest BCUT2D eigenvalue weighted by Crippen LogP contribution is -2.18. The normalized spacial score (nSPS) is 30.6. The molecular weight excluding hydrogens is 258 g/mol. The van der Waals surface area contributed by atoms with Crippen molar-refractivity contribution >= 4 is 11.6 Å². The third-order valence-corrected chi connectivity index (χ3v) is 5.11. The molecule has 3 rings (SSSR count). The van der Waals surface area contributed by atoms with Gasteiger partial charge in [-0.25, -0.2) is 0 Å². The highest BCUT2D eigenvalue weighted by Crippen LogP contribution is 2.48. The van der Waals surface area contributed by atoms with Crippen molar-refractivity contribution in [1.82, 2.24) is 0 Å². The molecule has 3 heteroatoms. The lowest BCUT2D eigenvalue weighted by molar-refractivity contribution is 0.195. The van der Waals surface area contributed by atoms with Crippen molar-refractivity contribution in [2.45, 2.75) is 38.6 Å². The Balaban J connectivity index is 1.61. The van der Waals surface area contributed by atoms with Gasteiger partial charge < -0.3 is 10.5 Å². The summed E-state index contributed by atoms with van der Waals surface area (Å²) in [5.74, 6) is 3.40. The van der Waals surface area contributed by atoms with Crippen molar-refractivity contribution in [2.24, 2.45) is 23.5 Å². The van der Waals surface area contributed by atoms with E-state index < -0.39 is 0 Å². The molecule has 2 bridgehead atoms. The van der Waals surface area contributed by atoms with Crippen LogP contribution in [0.3, 0.4) is 0 Å². The molecule has 4 unspecified atom stereocenters. The van der Waals surface area contributed by atoms with Gasteiger partial charge in [0.1, 0.15) is 5.75 Å². The van der Waals surface area contributed by atoms with Gasteiger partial charge in [0.05, 0.1) is 11.6 Å². The van der Waals surface area contributed by atoms with Crippen LogP contribution in [-0.2, 0) is 0 Å². The van der Waals surface area contributed by atoms with E-state index in [1.807, 2.05) is 25.1 Å². The first kappa shape index (κ1) is 13.3. The molecule has 0 amide bonds. The molecule has 19 heavy (non-hydrogen) atoms.